The number of hydrogen-bond acceptors (Lipinski definition) is 2. The van der Waals surface area contributed by atoms with Gasteiger partial charge in [-0.2, -0.15) is 0 Å². The van der Waals surface area contributed by atoms with Gasteiger partial charge in [0.05, 0.1) is 5.52 Å². The Morgan fingerprint density at radius 1 is 1.28 bits per heavy atom. The summed E-state index contributed by atoms with van der Waals surface area (Å²) in [6, 6.07) is 10.8. The van der Waals surface area contributed by atoms with Crippen molar-refractivity contribution >= 4 is 28.2 Å². The Morgan fingerprint density at radius 3 is 2.67 bits per heavy atom. The molecule has 0 saturated heterocycles. The van der Waals surface area contributed by atoms with Crippen LogP contribution in [0.1, 0.15) is 19.5 Å². The molecule has 0 N–H and O–H groups in total. The Labute approximate surface area is 114 Å². The third-order valence-electron chi connectivity index (χ3n) is 3.08. The summed E-state index contributed by atoms with van der Waals surface area (Å²) in [6.07, 6.45) is 0. The molecule has 3 heteroatoms. The van der Waals surface area contributed by atoms with Gasteiger partial charge in [0.15, 0.2) is 0 Å². The molecule has 0 aliphatic carbocycles. The number of hydrogen-bond donors (Lipinski definition) is 0. The Bertz CT molecular complexity index is 537. The van der Waals surface area contributed by atoms with Crippen LogP contribution < -0.4 is 4.90 Å². The number of pyridine rings is 1. The lowest BCUT2D eigenvalue weighted by molar-refractivity contribution is 0.707. The quantitative estimate of drug-likeness (QED) is 0.775. The van der Waals surface area contributed by atoms with Crippen LogP contribution in [0, 0.1) is 6.92 Å². The maximum absolute atomic E-state index is 5.92. The average molecular weight is 263 g/mol. The van der Waals surface area contributed by atoms with Crippen molar-refractivity contribution < 1.29 is 0 Å². The Kier molecular flexibility index (Phi) is 4.07. The van der Waals surface area contributed by atoms with Crippen molar-refractivity contribution in [1.82, 2.24) is 4.98 Å². The molecular formula is C15H19ClN2. The lowest BCUT2D eigenvalue weighted by Gasteiger charge is -2.29. The molecule has 0 unspecified atom stereocenters. The smallest absolute Gasteiger partial charge is 0.0726 e. The van der Waals surface area contributed by atoms with Crippen LogP contribution in [0.25, 0.3) is 10.9 Å². The highest BCUT2D eigenvalue weighted by atomic mass is 35.5. The van der Waals surface area contributed by atoms with E-state index >= 15 is 0 Å². The summed E-state index contributed by atoms with van der Waals surface area (Å²) in [6.45, 7) is 7.27. The van der Waals surface area contributed by atoms with Gasteiger partial charge in [0.1, 0.15) is 0 Å². The van der Waals surface area contributed by atoms with E-state index in [2.05, 4.69) is 48.0 Å². The summed E-state index contributed by atoms with van der Waals surface area (Å²) in [5, 5.41) is 1.20. The van der Waals surface area contributed by atoms with E-state index in [0.717, 1.165) is 17.8 Å². The van der Waals surface area contributed by atoms with Crippen LogP contribution in [-0.4, -0.2) is 23.5 Å². The maximum atomic E-state index is 5.92. The number of aromatic nitrogens is 1. The van der Waals surface area contributed by atoms with Crippen molar-refractivity contribution in [2.24, 2.45) is 0 Å². The van der Waals surface area contributed by atoms with Gasteiger partial charge in [0.2, 0.25) is 0 Å². The van der Waals surface area contributed by atoms with E-state index in [9.17, 15) is 0 Å². The first-order valence-corrected chi connectivity index (χ1v) is 6.86. The number of halogens is 1. The summed E-state index contributed by atoms with van der Waals surface area (Å²) in [5.74, 6) is 0.633. The van der Waals surface area contributed by atoms with Gasteiger partial charge >= 0.3 is 0 Å². The molecule has 1 aromatic carbocycles. The van der Waals surface area contributed by atoms with Crippen molar-refractivity contribution in [2.75, 3.05) is 17.3 Å². The van der Waals surface area contributed by atoms with Crippen LogP contribution >= 0.6 is 11.6 Å². The molecule has 0 bridgehead atoms. The monoisotopic (exact) mass is 262 g/mol. The number of aryl methyl sites for hydroxylation is 1. The number of nitrogens with zero attached hydrogens (tertiary/aromatic N) is 2. The highest BCUT2D eigenvalue weighted by molar-refractivity contribution is 6.18. The third kappa shape index (κ3) is 2.59. The number of rotatable bonds is 4. The molecular weight excluding hydrogens is 244 g/mol. The van der Waals surface area contributed by atoms with E-state index in [1.165, 1.54) is 11.1 Å². The second-order valence-electron chi connectivity index (χ2n) is 4.78. The van der Waals surface area contributed by atoms with Crippen LogP contribution in [0.15, 0.2) is 30.3 Å². The van der Waals surface area contributed by atoms with Gasteiger partial charge in [-0.1, -0.05) is 18.2 Å². The number of anilines is 1. The molecule has 0 aliphatic heterocycles. The number of benzene rings is 1. The number of para-hydroxylation sites is 1. The highest BCUT2D eigenvalue weighted by Crippen LogP contribution is 2.28. The zero-order chi connectivity index (χ0) is 13.1. The predicted octanol–water partition coefficient (Wildman–Crippen LogP) is 4.00. The van der Waals surface area contributed by atoms with Crippen LogP contribution in [0.3, 0.4) is 0 Å². The van der Waals surface area contributed by atoms with Gasteiger partial charge in [-0.05, 0) is 32.9 Å². The molecule has 2 aromatic rings. The van der Waals surface area contributed by atoms with Gasteiger partial charge in [0.25, 0.3) is 0 Å². The van der Waals surface area contributed by atoms with Gasteiger partial charge in [-0.15, -0.1) is 11.6 Å². The second kappa shape index (κ2) is 5.57. The molecule has 0 saturated carbocycles. The molecule has 0 radical (unpaired) electrons. The summed E-state index contributed by atoms with van der Waals surface area (Å²) < 4.78 is 0. The molecule has 0 spiro atoms. The van der Waals surface area contributed by atoms with Crippen LogP contribution in [-0.2, 0) is 0 Å². The third-order valence-corrected chi connectivity index (χ3v) is 3.25. The first-order chi connectivity index (χ1) is 8.63. The molecule has 2 rings (SSSR count). The first kappa shape index (κ1) is 13.2. The van der Waals surface area contributed by atoms with E-state index in [0.29, 0.717) is 11.9 Å². The van der Waals surface area contributed by atoms with Crippen molar-refractivity contribution in [3.8, 4) is 0 Å². The van der Waals surface area contributed by atoms with Crippen molar-refractivity contribution in [3.63, 3.8) is 0 Å². The molecule has 96 valence electrons. The Morgan fingerprint density at radius 2 is 2.00 bits per heavy atom. The lowest BCUT2D eigenvalue weighted by Crippen LogP contribution is -2.32. The normalized spacial score (nSPS) is 11.2. The lowest BCUT2D eigenvalue weighted by atomic mass is 10.1. The van der Waals surface area contributed by atoms with Crippen LogP contribution in [0.2, 0.25) is 0 Å². The van der Waals surface area contributed by atoms with Gasteiger partial charge in [-0.25, -0.2) is 0 Å². The zero-order valence-corrected chi connectivity index (χ0v) is 11.9. The molecule has 0 aliphatic rings. The second-order valence-corrected chi connectivity index (χ2v) is 5.15. The fraction of sp³-hybridized carbons (Fsp3) is 0.400. The highest BCUT2D eigenvalue weighted by Gasteiger charge is 2.14. The molecule has 0 amide bonds. The van der Waals surface area contributed by atoms with Crippen LogP contribution in [0.4, 0.5) is 5.69 Å². The maximum Gasteiger partial charge on any atom is 0.0726 e. The van der Waals surface area contributed by atoms with Crippen molar-refractivity contribution in [2.45, 2.75) is 26.8 Å². The van der Waals surface area contributed by atoms with E-state index in [1.54, 1.807) is 0 Å². The number of fused-ring (bicyclic) bond motifs is 1. The molecule has 0 atom stereocenters. The van der Waals surface area contributed by atoms with Gasteiger partial charge in [-0.3, -0.25) is 4.98 Å². The topological polar surface area (TPSA) is 16.1 Å². The van der Waals surface area contributed by atoms with Gasteiger partial charge in [0, 0.05) is 35.2 Å². The Balaban J connectivity index is 2.60. The Hall–Kier alpha value is -1.28. The van der Waals surface area contributed by atoms with Gasteiger partial charge < -0.3 is 4.90 Å². The summed E-state index contributed by atoms with van der Waals surface area (Å²) in [4.78, 5) is 6.92. The van der Waals surface area contributed by atoms with Crippen molar-refractivity contribution in [3.05, 3.63) is 36.0 Å². The summed E-state index contributed by atoms with van der Waals surface area (Å²) >= 11 is 5.92. The molecule has 1 aromatic heterocycles. The first-order valence-electron chi connectivity index (χ1n) is 6.32. The number of alkyl halides is 1. The zero-order valence-electron chi connectivity index (χ0n) is 11.2. The largest absolute Gasteiger partial charge is 0.367 e. The standard InChI is InChI=1S/C15H19ClN2/c1-11(2)18(9-8-16)15-10-12(3)17-14-7-5-4-6-13(14)15/h4-7,10-11H,8-9H2,1-3H3. The predicted molar refractivity (Wildman–Crippen MR) is 79.7 cm³/mol. The fourth-order valence-electron chi connectivity index (χ4n) is 2.27. The van der Waals surface area contributed by atoms with Crippen molar-refractivity contribution in [1.29, 1.82) is 0 Å². The SMILES string of the molecule is Cc1cc(N(CCCl)C(C)C)c2ccccc2n1. The summed E-state index contributed by atoms with van der Waals surface area (Å²) in [5.41, 5.74) is 3.32. The minimum absolute atomic E-state index is 0.425. The van der Waals surface area contributed by atoms with E-state index < -0.39 is 0 Å². The minimum Gasteiger partial charge on any atom is -0.367 e. The van der Waals surface area contributed by atoms with E-state index in [-0.39, 0.29) is 0 Å². The van der Waals surface area contributed by atoms with E-state index in [1.807, 2.05) is 13.0 Å². The van der Waals surface area contributed by atoms with E-state index in [4.69, 9.17) is 11.6 Å². The molecule has 18 heavy (non-hydrogen) atoms. The fourth-order valence-corrected chi connectivity index (χ4v) is 2.45. The molecule has 1 heterocycles. The van der Waals surface area contributed by atoms with Crippen LogP contribution in [0.5, 0.6) is 0 Å². The molecule has 2 nitrogen and oxygen atoms in total. The average Bonchev–Trinajstić information content (AvgIpc) is 2.34. The summed E-state index contributed by atoms with van der Waals surface area (Å²) in [7, 11) is 0. The minimum atomic E-state index is 0.425. The molecule has 0 fully saturated rings.